The van der Waals surface area contributed by atoms with Gasteiger partial charge in [-0.3, -0.25) is 35.3 Å². The van der Waals surface area contributed by atoms with Crippen LogP contribution in [0.4, 0.5) is 5.69 Å². The van der Waals surface area contributed by atoms with Crippen molar-refractivity contribution < 1.29 is 24.4 Å². The third-order valence-corrected chi connectivity index (χ3v) is 4.60. The number of hydrogen-bond acceptors (Lipinski definition) is 5. The summed E-state index contributed by atoms with van der Waals surface area (Å²) in [6, 6.07) is 4.93. The molecule has 2 amide bonds. The second kappa shape index (κ2) is 4.77. The van der Waals surface area contributed by atoms with Gasteiger partial charge in [0, 0.05) is 17.7 Å². The van der Waals surface area contributed by atoms with Gasteiger partial charge in [0.2, 0.25) is 5.91 Å². The highest BCUT2D eigenvalue weighted by Gasteiger charge is 2.75. The predicted molar refractivity (Wildman–Crippen MR) is 75.1 cm³/mol. The number of carbonyl (C=O) groups is 3. The lowest BCUT2D eigenvalue weighted by Crippen LogP contribution is -2.71. The SMILES string of the molecule is O=C(NNC(=O)C12CC(C(=O)O)(C1)C2)c1ccc([N+](=O)[O-])cc1. The summed E-state index contributed by atoms with van der Waals surface area (Å²) in [4.78, 5) is 44.8. The highest BCUT2D eigenvalue weighted by atomic mass is 16.6. The maximum Gasteiger partial charge on any atom is 0.309 e. The van der Waals surface area contributed by atoms with Gasteiger partial charge in [0.15, 0.2) is 0 Å². The number of nitro groups is 1. The highest BCUT2D eigenvalue weighted by molar-refractivity contribution is 5.98. The van der Waals surface area contributed by atoms with Gasteiger partial charge >= 0.3 is 5.97 Å². The lowest BCUT2D eigenvalue weighted by atomic mass is 9.35. The molecule has 0 aliphatic heterocycles. The van der Waals surface area contributed by atoms with Crippen LogP contribution in [0.2, 0.25) is 0 Å². The Morgan fingerprint density at radius 1 is 1.04 bits per heavy atom. The first kappa shape index (κ1) is 14.9. The minimum atomic E-state index is -0.887. The van der Waals surface area contributed by atoms with E-state index in [2.05, 4.69) is 10.9 Å². The van der Waals surface area contributed by atoms with Gasteiger partial charge in [-0.2, -0.15) is 0 Å². The first-order chi connectivity index (χ1) is 10.8. The molecule has 0 saturated heterocycles. The van der Waals surface area contributed by atoms with Crippen LogP contribution in [0.15, 0.2) is 24.3 Å². The van der Waals surface area contributed by atoms with Gasteiger partial charge in [-0.15, -0.1) is 0 Å². The predicted octanol–water partition coefficient (Wildman–Crippen LogP) is 0.611. The van der Waals surface area contributed by atoms with Gasteiger partial charge in [0.1, 0.15) is 0 Å². The minimum absolute atomic E-state index is 0.140. The molecule has 3 aliphatic carbocycles. The number of nitrogens with one attached hydrogen (secondary N) is 2. The van der Waals surface area contributed by atoms with E-state index < -0.39 is 33.5 Å². The number of carboxylic acids is 1. The number of hydrogen-bond donors (Lipinski definition) is 3. The van der Waals surface area contributed by atoms with Crippen LogP contribution >= 0.6 is 0 Å². The first-order valence-corrected chi connectivity index (χ1v) is 6.87. The van der Waals surface area contributed by atoms with E-state index in [0.29, 0.717) is 0 Å². The molecular weight excluding hydrogens is 306 g/mol. The van der Waals surface area contributed by atoms with E-state index in [0.717, 1.165) is 0 Å². The van der Waals surface area contributed by atoms with Crippen LogP contribution in [0.5, 0.6) is 0 Å². The lowest BCUT2D eigenvalue weighted by molar-refractivity contribution is -0.384. The summed E-state index contributed by atoms with van der Waals surface area (Å²) in [7, 11) is 0. The second-order valence-electron chi connectivity index (χ2n) is 6.11. The quantitative estimate of drug-likeness (QED) is 0.549. The van der Waals surface area contributed by atoms with Crippen LogP contribution in [-0.4, -0.2) is 27.8 Å². The molecule has 3 N–H and O–H groups in total. The number of amides is 2. The molecule has 4 rings (SSSR count). The summed E-state index contributed by atoms with van der Waals surface area (Å²) in [6.07, 6.45) is 0.859. The fraction of sp³-hybridized carbons (Fsp3) is 0.357. The molecule has 1 aromatic rings. The summed E-state index contributed by atoms with van der Waals surface area (Å²) in [5, 5.41) is 19.5. The Bertz CT molecular complexity index is 707. The van der Waals surface area contributed by atoms with Crippen molar-refractivity contribution >= 4 is 23.5 Å². The third-order valence-electron chi connectivity index (χ3n) is 4.60. The van der Waals surface area contributed by atoms with Crippen molar-refractivity contribution in [3.8, 4) is 0 Å². The molecule has 2 bridgehead atoms. The molecule has 0 heterocycles. The molecule has 0 atom stereocenters. The van der Waals surface area contributed by atoms with Crippen LogP contribution in [0.3, 0.4) is 0 Å². The Kier molecular flexibility index (Phi) is 3.10. The summed E-state index contributed by atoms with van der Waals surface area (Å²) >= 11 is 0. The zero-order valence-electron chi connectivity index (χ0n) is 11.9. The van der Waals surface area contributed by atoms with E-state index >= 15 is 0 Å². The summed E-state index contributed by atoms with van der Waals surface area (Å²) < 4.78 is 0. The van der Waals surface area contributed by atoms with Gasteiger partial charge in [-0.05, 0) is 31.4 Å². The fourth-order valence-electron chi connectivity index (χ4n) is 3.31. The minimum Gasteiger partial charge on any atom is -0.481 e. The lowest BCUT2D eigenvalue weighted by Gasteiger charge is -2.66. The topological polar surface area (TPSA) is 139 Å². The molecule has 0 unspecified atom stereocenters. The average molecular weight is 319 g/mol. The maximum absolute atomic E-state index is 12.0. The van der Waals surface area contributed by atoms with E-state index in [-0.39, 0.29) is 30.5 Å². The molecule has 3 aliphatic rings. The third kappa shape index (κ3) is 2.20. The number of carbonyl (C=O) groups excluding carboxylic acids is 2. The van der Waals surface area contributed by atoms with Crippen LogP contribution in [0.1, 0.15) is 29.6 Å². The normalized spacial score (nSPS) is 27.1. The van der Waals surface area contributed by atoms with Crippen LogP contribution < -0.4 is 10.9 Å². The Labute approximate surface area is 129 Å². The largest absolute Gasteiger partial charge is 0.481 e. The van der Waals surface area contributed by atoms with Crippen LogP contribution in [0, 0.1) is 20.9 Å². The summed E-state index contributed by atoms with van der Waals surface area (Å²) in [5.74, 6) is -1.90. The zero-order valence-corrected chi connectivity index (χ0v) is 11.9. The summed E-state index contributed by atoms with van der Waals surface area (Å²) in [5.41, 5.74) is 3.09. The van der Waals surface area contributed by atoms with Gasteiger partial charge < -0.3 is 5.11 Å². The molecule has 0 spiro atoms. The van der Waals surface area contributed by atoms with E-state index in [1.54, 1.807) is 0 Å². The smallest absolute Gasteiger partial charge is 0.309 e. The van der Waals surface area contributed by atoms with Gasteiger partial charge in [-0.1, -0.05) is 0 Å². The van der Waals surface area contributed by atoms with E-state index in [1.807, 2.05) is 0 Å². The summed E-state index contributed by atoms with van der Waals surface area (Å²) in [6.45, 7) is 0. The van der Waals surface area contributed by atoms with Crippen molar-refractivity contribution in [2.45, 2.75) is 19.3 Å². The molecule has 0 radical (unpaired) electrons. The van der Waals surface area contributed by atoms with E-state index in [1.165, 1.54) is 24.3 Å². The molecule has 3 saturated carbocycles. The van der Waals surface area contributed by atoms with E-state index in [9.17, 15) is 24.5 Å². The number of non-ortho nitro benzene ring substituents is 1. The molecular formula is C14H13N3O6. The van der Waals surface area contributed by atoms with Gasteiger partial charge in [0.25, 0.3) is 11.6 Å². The van der Waals surface area contributed by atoms with Crippen molar-refractivity contribution in [2.75, 3.05) is 0 Å². The molecule has 3 fully saturated rings. The maximum atomic E-state index is 12.0. The molecule has 120 valence electrons. The molecule has 1 aromatic carbocycles. The van der Waals surface area contributed by atoms with Gasteiger partial charge in [-0.25, -0.2) is 0 Å². The fourth-order valence-corrected chi connectivity index (χ4v) is 3.31. The molecule has 9 heteroatoms. The Morgan fingerprint density at radius 3 is 2.09 bits per heavy atom. The second-order valence-corrected chi connectivity index (χ2v) is 6.11. The molecule has 9 nitrogen and oxygen atoms in total. The number of rotatable bonds is 4. The Hall–Kier alpha value is -2.97. The standard InChI is InChI=1S/C14H13N3O6/c18-10(8-1-3-9(4-2-8)17(22)23)15-16-11(19)13-5-14(6-13,7-13)12(20)21/h1-4H,5-7H2,(H,15,18)(H,16,19)(H,20,21). The number of aliphatic carboxylic acids is 1. The number of nitro benzene ring substituents is 1. The monoisotopic (exact) mass is 319 g/mol. The number of carboxylic acid groups (broad SMARTS) is 1. The van der Waals surface area contributed by atoms with Crippen molar-refractivity contribution in [1.29, 1.82) is 0 Å². The van der Waals surface area contributed by atoms with Crippen LogP contribution in [-0.2, 0) is 9.59 Å². The highest BCUT2D eigenvalue weighted by Crippen LogP contribution is 2.73. The number of hydrazine groups is 1. The Morgan fingerprint density at radius 2 is 1.61 bits per heavy atom. The molecule has 23 heavy (non-hydrogen) atoms. The van der Waals surface area contributed by atoms with Crippen molar-refractivity contribution in [3.63, 3.8) is 0 Å². The van der Waals surface area contributed by atoms with Crippen molar-refractivity contribution in [3.05, 3.63) is 39.9 Å². The number of nitrogens with zero attached hydrogens (tertiary/aromatic N) is 1. The number of benzene rings is 1. The van der Waals surface area contributed by atoms with Crippen molar-refractivity contribution in [1.82, 2.24) is 10.9 Å². The van der Waals surface area contributed by atoms with Crippen molar-refractivity contribution in [2.24, 2.45) is 10.8 Å². The average Bonchev–Trinajstić information content (AvgIpc) is 2.41. The first-order valence-electron chi connectivity index (χ1n) is 6.87. The van der Waals surface area contributed by atoms with Gasteiger partial charge in [0.05, 0.1) is 15.8 Å². The Balaban J connectivity index is 1.53. The molecule has 0 aromatic heterocycles. The zero-order chi connectivity index (χ0) is 16.8. The van der Waals surface area contributed by atoms with Crippen LogP contribution in [0.25, 0.3) is 0 Å². The van der Waals surface area contributed by atoms with E-state index in [4.69, 9.17) is 5.11 Å².